The number of nitrogens with one attached hydrogen (secondary N) is 2. The molecule has 2 aromatic heterocycles. The van der Waals surface area contributed by atoms with Crippen molar-refractivity contribution in [2.45, 2.75) is 13.5 Å². The zero-order chi connectivity index (χ0) is 19.2. The van der Waals surface area contributed by atoms with Gasteiger partial charge >= 0.3 is 0 Å². The van der Waals surface area contributed by atoms with E-state index in [1.165, 1.54) is 18.5 Å². The number of hydrogen-bond donors (Lipinski definition) is 2. The first-order chi connectivity index (χ1) is 13.0. The molecule has 0 radical (unpaired) electrons. The van der Waals surface area contributed by atoms with Gasteiger partial charge in [0.15, 0.2) is 0 Å². The number of rotatable bonds is 5. The van der Waals surface area contributed by atoms with Crippen LogP contribution < -0.4 is 10.6 Å². The number of amides is 2. The number of hydrogen-bond acceptors (Lipinski definition) is 4. The summed E-state index contributed by atoms with van der Waals surface area (Å²) in [5.41, 5.74) is 2.95. The van der Waals surface area contributed by atoms with E-state index in [0.29, 0.717) is 22.8 Å². The van der Waals surface area contributed by atoms with E-state index in [1.807, 2.05) is 19.1 Å². The average Bonchev–Trinajstić information content (AvgIpc) is 2.70. The molecule has 0 bridgehead atoms. The van der Waals surface area contributed by atoms with Gasteiger partial charge in [0.1, 0.15) is 0 Å². The third-order valence-electron chi connectivity index (χ3n) is 3.87. The molecule has 3 rings (SSSR count). The molecule has 0 fully saturated rings. The molecule has 27 heavy (non-hydrogen) atoms. The monoisotopic (exact) mass is 380 g/mol. The molecule has 1 aromatic carbocycles. The van der Waals surface area contributed by atoms with Gasteiger partial charge < -0.3 is 10.6 Å². The molecule has 3 aromatic rings. The van der Waals surface area contributed by atoms with Crippen molar-refractivity contribution in [1.29, 1.82) is 0 Å². The summed E-state index contributed by atoms with van der Waals surface area (Å²) in [6.07, 6.45) is 6.16. The second-order valence-corrected chi connectivity index (χ2v) is 6.33. The Balaban J connectivity index is 1.67. The highest BCUT2D eigenvalue weighted by molar-refractivity contribution is 6.31. The van der Waals surface area contributed by atoms with Crippen LogP contribution in [-0.2, 0) is 6.54 Å². The average molecular weight is 381 g/mol. The molecule has 0 saturated carbocycles. The van der Waals surface area contributed by atoms with Crippen LogP contribution in [0.1, 0.15) is 31.8 Å². The van der Waals surface area contributed by atoms with E-state index in [4.69, 9.17) is 11.6 Å². The Kier molecular flexibility index (Phi) is 5.78. The van der Waals surface area contributed by atoms with E-state index in [9.17, 15) is 9.59 Å². The first-order valence-electron chi connectivity index (χ1n) is 8.22. The molecule has 0 aliphatic rings. The lowest BCUT2D eigenvalue weighted by atomic mass is 10.1. The van der Waals surface area contributed by atoms with E-state index in [2.05, 4.69) is 20.6 Å². The van der Waals surface area contributed by atoms with Gasteiger partial charge in [0.2, 0.25) is 0 Å². The lowest BCUT2D eigenvalue weighted by Gasteiger charge is -2.08. The third kappa shape index (κ3) is 4.89. The van der Waals surface area contributed by atoms with E-state index in [-0.39, 0.29) is 17.4 Å². The lowest BCUT2D eigenvalue weighted by molar-refractivity contribution is 0.0950. The molecule has 6 nitrogen and oxygen atoms in total. The molecule has 0 aliphatic carbocycles. The second-order valence-electron chi connectivity index (χ2n) is 5.92. The molecular formula is C20H17ClN4O2. The zero-order valence-corrected chi connectivity index (χ0v) is 15.3. The molecule has 2 N–H and O–H groups in total. The number of pyridine rings is 2. The van der Waals surface area contributed by atoms with Crippen LogP contribution in [0.15, 0.2) is 61.2 Å². The van der Waals surface area contributed by atoms with Crippen molar-refractivity contribution in [2.75, 3.05) is 5.32 Å². The van der Waals surface area contributed by atoms with Crippen LogP contribution in [0.25, 0.3) is 0 Å². The van der Waals surface area contributed by atoms with Crippen molar-refractivity contribution >= 4 is 29.1 Å². The topological polar surface area (TPSA) is 84.0 Å². The molecule has 2 heterocycles. The van der Waals surface area contributed by atoms with Gasteiger partial charge in [-0.15, -0.1) is 0 Å². The third-order valence-corrected chi connectivity index (χ3v) is 4.28. The maximum absolute atomic E-state index is 12.4. The molecular weight excluding hydrogens is 364 g/mol. The van der Waals surface area contributed by atoms with Gasteiger partial charge in [0.25, 0.3) is 11.8 Å². The number of carbonyl (C=O) groups excluding carboxylic acids is 2. The molecule has 0 spiro atoms. The van der Waals surface area contributed by atoms with Gasteiger partial charge in [-0.1, -0.05) is 23.7 Å². The number of anilines is 1. The highest BCUT2D eigenvalue weighted by Crippen LogP contribution is 2.20. The minimum Gasteiger partial charge on any atom is -0.348 e. The molecule has 2 amide bonds. The number of aromatic nitrogens is 2. The summed E-state index contributed by atoms with van der Waals surface area (Å²) in [6.45, 7) is 2.22. The maximum Gasteiger partial charge on any atom is 0.257 e. The van der Waals surface area contributed by atoms with Gasteiger partial charge in [-0.2, -0.15) is 0 Å². The SMILES string of the molecule is Cc1ccc(NC(=O)c2cncc(C(=O)NCc3cccnc3)c2)cc1Cl. The van der Waals surface area contributed by atoms with Gasteiger partial charge in [0, 0.05) is 42.0 Å². The van der Waals surface area contributed by atoms with Crippen molar-refractivity contribution in [1.82, 2.24) is 15.3 Å². The fourth-order valence-electron chi connectivity index (χ4n) is 2.35. The van der Waals surface area contributed by atoms with Crippen LogP contribution in [-0.4, -0.2) is 21.8 Å². The minimum absolute atomic E-state index is 0.278. The molecule has 0 atom stereocenters. The van der Waals surface area contributed by atoms with Gasteiger partial charge in [-0.05, 0) is 42.3 Å². The van der Waals surface area contributed by atoms with Crippen LogP contribution >= 0.6 is 11.6 Å². The fraction of sp³-hybridized carbons (Fsp3) is 0.100. The van der Waals surface area contributed by atoms with Crippen molar-refractivity contribution in [3.05, 3.63) is 88.5 Å². The fourth-order valence-corrected chi connectivity index (χ4v) is 2.53. The summed E-state index contributed by atoms with van der Waals surface area (Å²) in [4.78, 5) is 32.7. The summed E-state index contributed by atoms with van der Waals surface area (Å²) in [6, 6.07) is 10.4. The van der Waals surface area contributed by atoms with Gasteiger partial charge in [0.05, 0.1) is 11.1 Å². The van der Waals surface area contributed by atoms with E-state index in [0.717, 1.165) is 11.1 Å². The van der Waals surface area contributed by atoms with Crippen LogP contribution in [0, 0.1) is 6.92 Å². The smallest absolute Gasteiger partial charge is 0.257 e. The summed E-state index contributed by atoms with van der Waals surface area (Å²) < 4.78 is 0. The first-order valence-corrected chi connectivity index (χ1v) is 8.60. The Labute approximate surface area is 161 Å². The molecule has 0 unspecified atom stereocenters. The summed E-state index contributed by atoms with van der Waals surface area (Å²) in [5, 5.41) is 6.09. The summed E-state index contributed by atoms with van der Waals surface area (Å²) in [5.74, 6) is -0.691. The maximum atomic E-state index is 12.4. The lowest BCUT2D eigenvalue weighted by Crippen LogP contribution is -2.23. The van der Waals surface area contributed by atoms with Crippen molar-refractivity contribution < 1.29 is 9.59 Å². The normalized spacial score (nSPS) is 10.3. The summed E-state index contributed by atoms with van der Waals surface area (Å²) in [7, 11) is 0. The molecule has 136 valence electrons. The minimum atomic E-state index is -0.371. The number of carbonyl (C=O) groups is 2. The van der Waals surface area contributed by atoms with Gasteiger partial charge in [-0.3, -0.25) is 19.6 Å². The standard InChI is InChI=1S/C20H17ClN4O2/c1-13-4-5-17(8-18(13)21)25-20(27)16-7-15(11-23-12-16)19(26)24-10-14-3-2-6-22-9-14/h2-9,11-12H,10H2,1H3,(H,24,26)(H,25,27). The Morgan fingerprint density at radius 2 is 1.78 bits per heavy atom. The largest absolute Gasteiger partial charge is 0.348 e. The van der Waals surface area contributed by atoms with Gasteiger partial charge in [-0.25, -0.2) is 0 Å². The van der Waals surface area contributed by atoms with E-state index >= 15 is 0 Å². The quantitative estimate of drug-likeness (QED) is 0.708. The summed E-state index contributed by atoms with van der Waals surface area (Å²) >= 11 is 6.07. The first kappa shape index (κ1) is 18.5. The molecule has 0 saturated heterocycles. The van der Waals surface area contributed by atoms with Crippen LogP contribution in [0.3, 0.4) is 0 Å². The predicted molar refractivity (Wildman–Crippen MR) is 104 cm³/mol. The van der Waals surface area contributed by atoms with Crippen molar-refractivity contribution in [3.63, 3.8) is 0 Å². The Bertz CT molecular complexity index is 977. The van der Waals surface area contributed by atoms with Crippen molar-refractivity contribution in [3.8, 4) is 0 Å². The van der Waals surface area contributed by atoms with Crippen LogP contribution in [0.5, 0.6) is 0 Å². The second kappa shape index (κ2) is 8.42. The predicted octanol–water partition coefficient (Wildman–Crippen LogP) is 3.62. The highest BCUT2D eigenvalue weighted by atomic mass is 35.5. The van der Waals surface area contributed by atoms with Crippen LogP contribution in [0.2, 0.25) is 5.02 Å². The Hall–Kier alpha value is -3.25. The molecule has 7 heteroatoms. The molecule has 0 aliphatic heterocycles. The Morgan fingerprint density at radius 1 is 1.00 bits per heavy atom. The number of halogens is 1. The number of nitrogens with zero attached hydrogens (tertiary/aromatic N) is 2. The Morgan fingerprint density at radius 3 is 2.48 bits per heavy atom. The highest BCUT2D eigenvalue weighted by Gasteiger charge is 2.12. The van der Waals surface area contributed by atoms with E-state index < -0.39 is 0 Å². The van der Waals surface area contributed by atoms with E-state index in [1.54, 1.807) is 30.6 Å². The van der Waals surface area contributed by atoms with Crippen molar-refractivity contribution in [2.24, 2.45) is 0 Å². The zero-order valence-electron chi connectivity index (χ0n) is 14.6. The van der Waals surface area contributed by atoms with Crippen LogP contribution in [0.4, 0.5) is 5.69 Å². The number of aryl methyl sites for hydroxylation is 1. The number of benzene rings is 1.